The number of carbonyl (C=O) groups is 2. The van der Waals surface area contributed by atoms with Crippen LogP contribution in [0.15, 0.2) is 0 Å². The van der Waals surface area contributed by atoms with Crippen molar-refractivity contribution in [3.63, 3.8) is 0 Å². The first-order valence-electron chi connectivity index (χ1n) is 4.20. The molecule has 0 aliphatic carbocycles. The number of carboxylic acids is 2. The number of aliphatic carboxylic acids is 2. The van der Waals surface area contributed by atoms with Crippen molar-refractivity contribution in [2.45, 2.75) is 38.8 Å². The molecule has 15 heavy (non-hydrogen) atoms. The normalized spacial score (nSPS) is 12.5. The van der Waals surface area contributed by atoms with Gasteiger partial charge in [0.2, 0.25) is 0 Å². The molecule has 7 heteroatoms. The Balaban J connectivity index is -0.000000180. The van der Waals surface area contributed by atoms with Crippen LogP contribution in [0.3, 0.4) is 0 Å². The van der Waals surface area contributed by atoms with E-state index in [4.69, 9.17) is 21.7 Å². The summed E-state index contributed by atoms with van der Waals surface area (Å²) in [6.07, 6.45) is 0.111. The summed E-state index contributed by atoms with van der Waals surface area (Å²) in [5.41, 5.74) is 10.2. The second-order valence-corrected chi connectivity index (χ2v) is 3.15. The van der Waals surface area contributed by atoms with Crippen molar-refractivity contribution in [2.75, 3.05) is 0 Å². The smallest absolute Gasteiger partial charge is 0.304 e. The van der Waals surface area contributed by atoms with E-state index in [1.165, 1.54) is 0 Å². The largest absolute Gasteiger partial charge is 0.481 e. The van der Waals surface area contributed by atoms with Gasteiger partial charge < -0.3 is 21.7 Å². The molecule has 2 unspecified atom stereocenters. The maximum atomic E-state index is 9.73. The van der Waals surface area contributed by atoms with Gasteiger partial charge in [0.05, 0.1) is 12.8 Å². The van der Waals surface area contributed by atoms with Crippen molar-refractivity contribution in [1.82, 2.24) is 0 Å². The zero-order chi connectivity index (χ0) is 11.7. The minimum atomic E-state index is -0.838. The molecule has 0 heterocycles. The standard InChI is InChI=1S/2C4H9NO2.Cu/c2*1-3(5)2-4(6)7;/h2*3H,2,5H2,1H3,(H,6,7);. The Hall–Kier alpha value is -0.621. The van der Waals surface area contributed by atoms with Gasteiger partial charge in [0, 0.05) is 29.2 Å². The van der Waals surface area contributed by atoms with Crippen LogP contribution in [0.25, 0.3) is 0 Å². The van der Waals surface area contributed by atoms with E-state index in [0.29, 0.717) is 0 Å². The zero-order valence-corrected chi connectivity index (χ0v) is 9.68. The van der Waals surface area contributed by atoms with Crippen LogP contribution < -0.4 is 11.5 Å². The third-order valence-corrected chi connectivity index (χ3v) is 0.993. The predicted molar refractivity (Wildman–Crippen MR) is 51.8 cm³/mol. The van der Waals surface area contributed by atoms with Crippen LogP contribution in [0.5, 0.6) is 0 Å². The van der Waals surface area contributed by atoms with Crippen LogP contribution in [0.2, 0.25) is 0 Å². The maximum absolute atomic E-state index is 9.73. The van der Waals surface area contributed by atoms with Crippen molar-refractivity contribution >= 4 is 11.9 Å². The van der Waals surface area contributed by atoms with Gasteiger partial charge in [0.15, 0.2) is 0 Å². The van der Waals surface area contributed by atoms with Gasteiger partial charge in [-0.15, -0.1) is 0 Å². The SMILES string of the molecule is CC(N)CC(=O)O.CC(N)CC(=O)O.[Cu]. The Morgan fingerprint density at radius 3 is 1.20 bits per heavy atom. The molecule has 0 rings (SSSR count). The van der Waals surface area contributed by atoms with Crippen LogP contribution in [0.1, 0.15) is 26.7 Å². The average Bonchev–Trinajstić information content (AvgIpc) is 1.79. The van der Waals surface area contributed by atoms with E-state index in [1.54, 1.807) is 13.8 Å². The van der Waals surface area contributed by atoms with Crippen molar-refractivity contribution in [3.05, 3.63) is 0 Å². The fourth-order valence-corrected chi connectivity index (χ4v) is 0.551. The molecule has 2 atom stereocenters. The molecule has 0 amide bonds. The summed E-state index contributed by atoms with van der Waals surface area (Å²) < 4.78 is 0. The van der Waals surface area contributed by atoms with Crippen LogP contribution in [-0.2, 0) is 26.7 Å². The molecule has 0 aromatic rings. The van der Waals surface area contributed by atoms with Gasteiger partial charge in [-0.3, -0.25) is 9.59 Å². The number of rotatable bonds is 4. The molecule has 0 saturated carbocycles. The van der Waals surface area contributed by atoms with E-state index < -0.39 is 11.9 Å². The van der Waals surface area contributed by atoms with Gasteiger partial charge in [-0.1, -0.05) is 0 Å². The fraction of sp³-hybridized carbons (Fsp3) is 0.750. The second-order valence-electron chi connectivity index (χ2n) is 3.15. The minimum Gasteiger partial charge on any atom is -0.481 e. The zero-order valence-electron chi connectivity index (χ0n) is 8.74. The molecule has 0 fully saturated rings. The third kappa shape index (κ3) is 31.8. The number of hydrogen-bond acceptors (Lipinski definition) is 4. The third-order valence-electron chi connectivity index (χ3n) is 0.993. The summed E-state index contributed by atoms with van der Waals surface area (Å²) in [6, 6.07) is -0.449. The van der Waals surface area contributed by atoms with Crippen LogP contribution in [0, 0.1) is 0 Å². The molecule has 95 valence electrons. The molecule has 1 radical (unpaired) electrons. The van der Waals surface area contributed by atoms with E-state index in [-0.39, 0.29) is 42.0 Å². The topological polar surface area (TPSA) is 127 Å². The first kappa shape index (κ1) is 19.9. The minimum absolute atomic E-state index is 0. The van der Waals surface area contributed by atoms with Crippen LogP contribution >= 0.6 is 0 Å². The van der Waals surface area contributed by atoms with E-state index in [1.807, 2.05) is 0 Å². The predicted octanol–water partition coefficient (Wildman–Crippen LogP) is -0.386. The summed E-state index contributed by atoms with van der Waals surface area (Å²) in [4.78, 5) is 19.5. The number of carboxylic acid groups (broad SMARTS) is 2. The summed E-state index contributed by atoms with van der Waals surface area (Å²) in [5, 5.41) is 16.0. The number of hydrogen-bond donors (Lipinski definition) is 4. The van der Waals surface area contributed by atoms with Crippen LogP contribution in [0.4, 0.5) is 0 Å². The first-order valence-corrected chi connectivity index (χ1v) is 4.20. The van der Waals surface area contributed by atoms with Crippen molar-refractivity contribution < 1.29 is 36.9 Å². The van der Waals surface area contributed by atoms with Gasteiger partial charge in [0.1, 0.15) is 0 Å². The second kappa shape index (κ2) is 11.5. The van der Waals surface area contributed by atoms with Crippen molar-refractivity contribution in [1.29, 1.82) is 0 Å². The van der Waals surface area contributed by atoms with Crippen molar-refractivity contribution in [2.24, 2.45) is 11.5 Å². The Morgan fingerprint density at radius 2 is 1.20 bits per heavy atom. The molecule has 6 nitrogen and oxygen atoms in total. The number of nitrogens with two attached hydrogens (primary N) is 2. The Labute approximate surface area is 99.5 Å². The summed E-state index contributed by atoms with van der Waals surface area (Å²) in [5.74, 6) is -1.68. The summed E-state index contributed by atoms with van der Waals surface area (Å²) in [6.45, 7) is 3.32. The molecule has 0 aliphatic heterocycles. The summed E-state index contributed by atoms with van der Waals surface area (Å²) >= 11 is 0. The molecule has 0 spiro atoms. The molecule has 0 aromatic heterocycles. The monoisotopic (exact) mass is 269 g/mol. The van der Waals surface area contributed by atoms with E-state index in [0.717, 1.165) is 0 Å². The Morgan fingerprint density at radius 1 is 1.00 bits per heavy atom. The van der Waals surface area contributed by atoms with E-state index in [2.05, 4.69) is 0 Å². The van der Waals surface area contributed by atoms with Gasteiger partial charge in [-0.25, -0.2) is 0 Å². The average molecular weight is 270 g/mol. The maximum Gasteiger partial charge on any atom is 0.304 e. The van der Waals surface area contributed by atoms with E-state index >= 15 is 0 Å². The fourth-order valence-electron chi connectivity index (χ4n) is 0.551. The van der Waals surface area contributed by atoms with E-state index in [9.17, 15) is 9.59 Å². The molecule has 0 aliphatic rings. The van der Waals surface area contributed by atoms with Gasteiger partial charge >= 0.3 is 11.9 Å². The van der Waals surface area contributed by atoms with Gasteiger partial charge in [-0.05, 0) is 13.8 Å². The molecular weight excluding hydrogens is 252 g/mol. The van der Waals surface area contributed by atoms with Gasteiger partial charge in [0.25, 0.3) is 0 Å². The van der Waals surface area contributed by atoms with Crippen molar-refractivity contribution in [3.8, 4) is 0 Å². The first-order chi connectivity index (χ1) is 6.25. The molecule has 0 bridgehead atoms. The Bertz CT molecular complexity index is 165. The van der Waals surface area contributed by atoms with Crippen LogP contribution in [-0.4, -0.2) is 34.2 Å². The summed E-state index contributed by atoms with van der Waals surface area (Å²) in [7, 11) is 0. The quantitative estimate of drug-likeness (QED) is 0.515. The molecule has 0 saturated heterocycles. The molecule has 0 aromatic carbocycles. The molecular formula is C8H18CuN2O4. The Kier molecular flexibility index (Phi) is 15.2. The molecule has 6 N–H and O–H groups in total. The van der Waals surface area contributed by atoms with Gasteiger partial charge in [-0.2, -0.15) is 0 Å².